The number of hydrogen-bond donors (Lipinski definition) is 0. The van der Waals surface area contributed by atoms with Gasteiger partial charge in [0.1, 0.15) is 0 Å². The molecule has 7 rings (SSSR count). The van der Waals surface area contributed by atoms with Gasteiger partial charge in [0, 0.05) is 60.4 Å². The molecule has 0 saturated carbocycles. The van der Waals surface area contributed by atoms with E-state index >= 15 is 0 Å². The summed E-state index contributed by atoms with van der Waals surface area (Å²) < 4.78 is 0. The van der Waals surface area contributed by atoms with E-state index in [2.05, 4.69) is 70.6 Å². The molecule has 0 unspecified atom stereocenters. The van der Waals surface area contributed by atoms with Gasteiger partial charge in [0.05, 0.1) is 33.5 Å². The van der Waals surface area contributed by atoms with E-state index in [-0.39, 0.29) is 21.1 Å². The second-order valence-corrected chi connectivity index (χ2v) is 7.98. The molecule has 0 aliphatic heterocycles. The second-order valence-electron chi connectivity index (χ2n) is 7.98. The van der Waals surface area contributed by atoms with Crippen LogP contribution >= 0.6 is 0 Å². The van der Waals surface area contributed by atoms with Crippen molar-refractivity contribution in [2.45, 2.75) is 0 Å². The molecule has 0 fully saturated rings. The minimum Gasteiger partial charge on any atom is -0.256 e. The Hall–Kier alpha value is -3.75. The Morgan fingerprint density at radius 3 is 1.52 bits per heavy atom. The first-order valence-electron chi connectivity index (χ1n) is 10.6. The van der Waals surface area contributed by atoms with Crippen molar-refractivity contribution in [3.8, 4) is 11.4 Å². The molecule has 158 valence electrons. The number of hydrogen-bond acceptors (Lipinski definition) is 4. The third-order valence-electron chi connectivity index (χ3n) is 6.11. The number of nitrogens with zero attached hydrogens (tertiary/aromatic N) is 4. The summed E-state index contributed by atoms with van der Waals surface area (Å²) in [5.74, 6) is 0. The molecule has 33 heavy (non-hydrogen) atoms. The summed E-state index contributed by atoms with van der Waals surface area (Å²) in [7, 11) is 0. The Balaban J connectivity index is 0.00000206. The fraction of sp³-hybridized carbons (Fsp3) is 0. The molecule has 0 aliphatic rings. The third kappa shape index (κ3) is 3.10. The van der Waals surface area contributed by atoms with Crippen molar-refractivity contribution in [3.63, 3.8) is 0 Å². The minimum absolute atomic E-state index is 0. The van der Waals surface area contributed by atoms with E-state index in [1.807, 2.05) is 36.7 Å². The Morgan fingerprint density at radius 1 is 0.394 bits per heavy atom. The molecule has 4 aromatic heterocycles. The van der Waals surface area contributed by atoms with Gasteiger partial charge < -0.3 is 0 Å². The van der Waals surface area contributed by atoms with Crippen molar-refractivity contribution in [1.29, 1.82) is 0 Å². The van der Waals surface area contributed by atoms with Gasteiger partial charge >= 0.3 is 0 Å². The number of fused-ring (bicyclic) bond motifs is 8. The fourth-order valence-corrected chi connectivity index (χ4v) is 4.54. The molecule has 3 aromatic carbocycles. The number of benzene rings is 3. The monoisotopic (exact) mass is 603 g/mol. The second kappa shape index (κ2) is 7.68. The SMILES string of the molecule is [Pt].c1cnc2c(c1)ccc1ccc(-c3ccc4ccc5ccc6cccnc6c5c4n3)nc12. The van der Waals surface area contributed by atoms with Crippen LogP contribution in [0.25, 0.3) is 65.8 Å². The predicted molar refractivity (Wildman–Crippen MR) is 131 cm³/mol. The molecule has 0 radical (unpaired) electrons. The van der Waals surface area contributed by atoms with Crippen LogP contribution in [0.5, 0.6) is 0 Å². The van der Waals surface area contributed by atoms with Gasteiger partial charge in [0.25, 0.3) is 0 Å². The first-order chi connectivity index (χ1) is 15.8. The van der Waals surface area contributed by atoms with E-state index in [0.29, 0.717) is 0 Å². The van der Waals surface area contributed by atoms with E-state index in [9.17, 15) is 0 Å². The largest absolute Gasteiger partial charge is 0.256 e. The van der Waals surface area contributed by atoms with Crippen LogP contribution < -0.4 is 0 Å². The fourth-order valence-electron chi connectivity index (χ4n) is 4.54. The molecule has 5 heteroatoms. The zero-order valence-electron chi connectivity index (χ0n) is 17.3. The number of pyridine rings is 4. The maximum atomic E-state index is 5.09. The van der Waals surface area contributed by atoms with Crippen molar-refractivity contribution in [3.05, 3.63) is 97.3 Å². The Bertz CT molecular complexity index is 1840. The van der Waals surface area contributed by atoms with Crippen LogP contribution in [0.4, 0.5) is 0 Å². The average molecular weight is 604 g/mol. The van der Waals surface area contributed by atoms with Gasteiger partial charge in [-0.3, -0.25) is 9.97 Å². The predicted octanol–water partition coefficient (Wildman–Crippen LogP) is 6.70. The third-order valence-corrected chi connectivity index (χ3v) is 6.11. The van der Waals surface area contributed by atoms with E-state index in [1.165, 1.54) is 0 Å². The zero-order chi connectivity index (χ0) is 21.1. The minimum atomic E-state index is 0. The average Bonchev–Trinajstić information content (AvgIpc) is 2.87. The smallest absolute Gasteiger partial charge is 0.0972 e. The summed E-state index contributed by atoms with van der Waals surface area (Å²) in [4.78, 5) is 19.3. The van der Waals surface area contributed by atoms with E-state index in [4.69, 9.17) is 9.97 Å². The van der Waals surface area contributed by atoms with Gasteiger partial charge in [-0.15, -0.1) is 0 Å². The van der Waals surface area contributed by atoms with Crippen LogP contribution in [0.15, 0.2) is 97.3 Å². The van der Waals surface area contributed by atoms with Crippen molar-refractivity contribution in [1.82, 2.24) is 19.9 Å². The molecule has 0 aliphatic carbocycles. The van der Waals surface area contributed by atoms with Crippen LogP contribution in [-0.2, 0) is 21.1 Å². The van der Waals surface area contributed by atoms with Crippen LogP contribution in [0.2, 0.25) is 0 Å². The van der Waals surface area contributed by atoms with E-state index < -0.39 is 0 Å². The van der Waals surface area contributed by atoms with Gasteiger partial charge in [0.2, 0.25) is 0 Å². The first kappa shape index (κ1) is 19.9. The quantitative estimate of drug-likeness (QED) is 0.196. The molecule has 0 atom stereocenters. The number of aromatic nitrogens is 4. The molecular formula is C28H16N4Pt. The topological polar surface area (TPSA) is 51.6 Å². The molecule has 0 saturated heterocycles. The molecule has 0 bridgehead atoms. The van der Waals surface area contributed by atoms with Crippen LogP contribution in [0, 0.1) is 0 Å². The summed E-state index contributed by atoms with van der Waals surface area (Å²) >= 11 is 0. The summed E-state index contributed by atoms with van der Waals surface area (Å²) in [5.41, 5.74) is 5.40. The van der Waals surface area contributed by atoms with Gasteiger partial charge in [-0.25, -0.2) is 9.97 Å². The van der Waals surface area contributed by atoms with Gasteiger partial charge in [-0.05, 0) is 29.7 Å². The maximum Gasteiger partial charge on any atom is 0.0972 e. The Kier molecular flexibility index (Phi) is 4.63. The normalized spacial score (nSPS) is 11.4. The summed E-state index contributed by atoms with van der Waals surface area (Å²) in [6.45, 7) is 0. The summed E-state index contributed by atoms with van der Waals surface area (Å²) in [5, 5.41) is 6.57. The maximum absolute atomic E-state index is 5.09. The Morgan fingerprint density at radius 2 is 0.848 bits per heavy atom. The van der Waals surface area contributed by atoms with Crippen molar-refractivity contribution >= 4 is 54.4 Å². The van der Waals surface area contributed by atoms with Crippen LogP contribution in [0.3, 0.4) is 0 Å². The number of rotatable bonds is 1. The van der Waals surface area contributed by atoms with Gasteiger partial charge in [0.15, 0.2) is 0 Å². The Labute approximate surface area is 203 Å². The molecular weight excluding hydrogens is 587 g/mol. The first-order valence-corrected chi connectivity index (χ1v) is 10.6. The summed E-state index contributed by atoms with van der Waals surface area (Å²) in [6, 6.07) is 29.1. The van der Waals surface area contributed by atoms with Crippen molar-refractivity contribution in [2.75, 3.05) is 0 Å². The van der Waals surface area contributed by atoms with E-state index in [1.54, 1.807) is 0 Å². The van der Waals surface area contributed by atoms with Gasteiger partial charge in [-0.1, -0.05) is 60.7 Å². The molecule has 0 amide bonds. The molecule has 0 spiro atoms. The van der Waals surface area contributed by atoms with Crippen molar-refractivity contribution < 1.29 is 21.1 Å². The molecule has 7 aromatic rings. The van der Waals surface area contributed by atoms with Gasteiger partial charge in [-0.2, -0.15) is 0 Å². The molecule has 0 N–H and O–H groups in total. The molecule has 4 nitrogen and oxygen atoms in total. The van der Waals surface area contributed by atoms with Crippen LogP contribution in [0.1, 0.15) is 0 Å². The standard InChI is InChI=1S/C28H16N4.Pt/c1-3-18-7-5-17-6-8-20-11-13-22(31-26(20)24(17)25(18)29-15-1)23-14-12-21-10-9-19-4-2-16-30-27(19)28(21)32-23;/h1-16H;. The van der Waals surface area contributed by atoms with Crippen LogP contribution in [-0.4, -0.2) is 19.9 Å². The van der Waals surface area contributed by atoms with Crippen molar-refractivity contribution in [2.24, 2.45) is 0 Å². The van der Waals surface area contributed by atoms with E-state index in [0.717, 1.165) is 65.8 Å². The zero-order valence-corrected chi connectivity index (χ0v) is 19.6. The molecule has 4 heterocycles. The summed E-state index contributed by atoms with van der Waals surface area (Å²) in [6.07, 6.45) is 3.65.